The van der Waals surface area contributed by atoms with E-state index in [1.807, 2.05) is 24.3 Å². The summed E-state index contributed by atoms with van der Waals surface area (Å²) in [6.45, 7) is 0.961. The number of likely N-dealkylation sites (tertiary alicyclic amines) is 1. The second kappa shape index (κ2) is 4.80. The van der Waals surface area contributed by atoms with Gasteiger partial charge in [0.1, 0.15) is 0 Å². The van der Waals surface area contributed by atoms with Crippen LogP contribution in [-0.4, -0.2) is 35.1 Å². The normalized spacial score (nSPS) is 22.3. The zero-order valence-corrected chi connectivity index (χ0v) is 11.6. The predicted octanol–water partition coefficient (Wildman–Crippen LogP) is 2.35. The summed E-state index contributed by atoms with van der Waals surface area (Å²) in [6.07, 6.45) is 3.64. The van der Waals surface area contributed by atoms with E-state index in [2.05, 4.69) is 0 Å². The molecular weight excluding hydrogens is 262 g/mol. The van der Waals surface area contributed by atoms with Crippen molar-refractivity contribution >= 4 is 17.5 Å². The topological polar surface area (TPSA) is 40.5 Å². The number of carbonyl (C=O) groups is 1. The number of amides is 1. The summed E-state index contributed by atoms with van der Waals surface area (Å²) < 4.78 is 0. The number of aliphatic hydroxyl groups is 1. The average molecular weight is 280 g/mol. The van der Waals surface area contributed by atoms with E-state index in [0.29, 0.717) is 18.1 Å². The summed E-state index contributed by atoms with van der Waals surface area (Å²) in [7, 11) is 0. The molecule has 19 heavy (non-hydrogen) atoms. The molecule has 1 aromatic rings. The highest BCUT2D eigenvalue weighted by atomic mass is 35.5. The van der Waals surface area contributed by atoms with Crippen molar-refractivity contribution in [1.82, 2.24) is 4.90 Å². The third-order valence-corrected chi connectivity index (χ3v) is 4.66. The lowest BCUT2D eigenvalue weighted by Crippen LogP contribution is -2.58. The minimum atomic E-state index is -0.384. The molecule has 0 unspecified atom stereocenters. The fourth-order valence-electron chi connectivity index (χ4n) is 3.30. The van der Waals surface area contributed by atoms with Gasteiger partial charge in [-0.05, 0) is 30.5 Å². The zero-order chi connectivity index (χ0) is 13.5. The van der Waals surface area contributed by atoms with Crippen molar-refractivity contribution in [3.05, 3.63) is 34.9 Å². The van der Waals surface area contributed by atoms with Gasteiger partial charge in [0.2, 0.25) is 5.91 Å². The number of hydrogen-bond acceptors (Lipinski definition) is 2. The van der Waals surface area contributed by atoms with Crippen LogP contribution in [0.1, 0.15) is 31.2 Å². The Hall–Kier alpha value is -1.06. The Balaban J connectivity index is 1.90. The molecule has 3 rings (SSSR count). The van der Waals surface area contributed by atoms with Crippen LogP contribution in [0.2, 0.25) is 5.02 Å². The number of aliphatic hydroxyl groups excluding tert-OH is 1. The van der Waals surface area contributed by atoms with E-state index in [0.717, 1.165) is 31.2 Å². The quantitative estimate of drug-likeness (QED) is 0.903. The molecule has 2 aliphatic rings. The molecule has 0 spiro atoms. The molecule has 1 aromatic carbocycles. The first-order chi connectivity index (χ1) is 9.12. The zero-order valence-electron chi connectivity index (χ0n) is 10.8. The predicted molar refractivity (Wildman–Crippen MR) is 74.2 cm³/mol. The van der Waals surface area contributed by atoms with Crippen molar-refractivity contribution in [3.8, 4) is 0 Å². The molecular formula is C15H18ClNO2. The maximum Gasteiger partial charge on any atom is 0.233 e. The summed E-state index contributed by atoms with van der Waals surface area (Å²) >= 11 is 5.94. The second-order valence-electron chi connectivity index (χ2n) is 5.66. The fraction of sp³-hybridized carbons (Fsp3) is 0.533. The maximum absolute atomic E-state index is 12.8. The van der Waals surface area contributed by atoms with Crippen LogP contribution >= 0.6 is 11.6 Å². The van der Waals surface area contributed by atoms with Gasteiger partial charge in [-0.2, -0.15) is 0 Å². The Morgan fingerprint density at radius 2 is 1.79 bits per heavy atom. The Bertz CT molecular complexity index is 473. The molecule has 1 aliphatic carbocycles. The first kappa shape index (κ1) is 12.9. The molecule has 1 heterocycles. The molecule has 0 aromatic heterocycles. The average Bonchev–Trinajstić information content (AvgIpc) is 2.85. The second-order valence-corrected chi connectivity index (χ2v) is 6.10. The van der Waals surface area contributed by atoms with Gasteiger partial charge >= 0.3 is 0 Å². The lowest BCUT2D eigenvalue weighted by atomic mass is 9.77. The van der Waals surface area contributed by atoms with E-state index >= 15 is 0 Å². The molecule has 1 aliphatic heterocycles. The Kier molecular flexibility index (Phi) is 3.27. The van der Waals surface area contributed by atoms with Gasteiger partial charge in [-0.25, -0.2) is 0 Å². The van der Waals surface area contributed by atoms with Gasteiger partial charge in [0, 0.05) is 18.1 Å². The SMILES string of the molecule is O=C(N1CC(O)C1)C1(c2ccc(Cl)cc2)CCCC1. The van der Waals surface area contributed by atoms with Gasteiger partial charge < -0.3 is 10.0 Å². The molecule has 0 atom stereocenters. The third-order valence-electron chi connectivity index (χ3n) is 4.41. The largest absolute Gasteiger partial charge is 0.389 e. The van der Waals surface area contributed by atoms with Crippen LogP contribution in [0.25, 0.3) is 0 Å². The van der Waals surface area contributed by atoms with Crippen molar-refractivity contribution in [1.29, 1.82) is 0 Å². The van der Waals surface area contributed by atoms with E-state index in [4.69, 9.17) is 11.6 Å². The van der Waals surface area contributed by atoms with Crippen molar-refractivity contribution < 1.29 is 9.90 Å². The van der Waals surface area contributed by atoms with Gasteiger partial charge in [0.15, 0.2) is 0 Å². The molecule has 3 nitrogen and oxygen atoms in total. The van der Waals surface area contributed by atoms with Gasteiger partial charge in [-0.1, -0.05) is 36.6 Å². The Morgan fingerprint density at radius 3 is 2.32 bits per heavy atom. The number of carbonyl (C=O) groups excluding carboxylic acids is 1. The number of nitrogens with zero attached hydrogens (tertiary/aromatic N) is 1. The number of rotatable bonds is 2. The van der Waals surface area contributed by atoms with Crippen molar-refractivity contribution in [2.75, 3.05) is 13.1 Å². The molecule has 1 saturated heterocycles. The van der Waals surface area contributed by atoms with E-state index in [-0.39, 0.29) is 17.4 Å². The first-order valence-electron chi connectivity index (χ1n) is 6.85. The van der Waals surface area contributed by atoms with Crippen molar-refractivity contribution in [2.45, 2.75) is 37.2 Å². The summed E-state index contributed by atoms with van der Waals surface area (Å²) in [4.78, 5) is 14.5. The lowest BCUT2D eigenvalue weighted by Gasteiger charge is -2.42. The number of halogens is 1. The van der Waals surface area contributed by atoms with Crippen LogP contribution in [0, 0.1) is 0 Å². The molecule has 1 saturated carbocycles. The maximum atomic E-state index is 12.8. The van der Waals surface area contributed by atoms with E-state index in [9.17, 15) is 9.90 Å². The Morgan fingerprint density at radius 1 is 1.21 bits per heavy atom. The van der Waals surface area contributed by atoms with Gasteiger partial charge in [0.25, 0.3) is 0 Å². The minimum Gasteiger partial charge on any atom is -0.389 e. The molecule has 1 N–H and O–H groups in total. The number of hydrogen-bond donors (Lipinski definition) is 1. The summed E-state index contributed by atoms with van der Waals surface area (Å²) in [6, 6.07) is 7.66. The van der Waals surface area contributed by atoms with E-state index < -0.39 is 0 Å². The summed E-state index contributed by atoms with van der Waals surface area (Å²) in [5.74, 6) is 0.178. The van der Waals surface area contributed by atoms with Crippen molar-refractivity contribution in [2.24, 2.45) is 0 Å². The van der Waals surface area contributed by atoms with E-state index in [1.54, 1.807) is 4.90 Å². The van der Waals surface area contributed by atoms with Crippen LogP contribution in [0.15, 0.2) is 24.3 Å². The molecule has 2 fully saturated rings. The highest BCUT2D eigenvalue weighted by Gasteiger charge is 2.47. The number of β-amino-alcohol motifs (C(OH)–C–C–N with tert-alkyl or cyclic N) is 1. The van der Waals surface area contributed by atoms with Crippen LogP contribution in [0.3, 0.4) is 0 Å². The highest BCUT2D eigenvalue weighted by Crippen LogP contribution is 2.43. The fourth-order valence-corrected chi connectivity index (χ4v) is 3.42. The molecule has 0 radical (unpaired) electrons. The van der Waals surface area contributed by atoms with Gasteiger partial charge in [0.05, 0.1) is 11.5 Å². The number of benzene rings is 1. The first-order valence-corrected chi connectivity index (χ1v) is 7.23. The molecule has 102 valence electrons. The lowest BCUT2D eigenvalue weighted by molar-refractivity contribution is -0.147. The minimum absolute atomic E-state index is 0.178. The summed E-state index contributed by atoms with van der Waals surface area (Å²) in [5, 5.41) is 10.1. The van der Waals surface area contributed by atoms with Gasteiger partial charge in [-0.15, -0.1) is 0 Å². The summed E-state index contributed by atoms with van der Waals surface area (Å²) in [5.41, 5.74) is 0.686. The van der Waals surface area contributed by atoms with Crippen LogP contribution in [-0.2, 0) is 10.2 Å². The molecule has 1 amide bonds. The van der Waals surface area contributed by atoms with Crippen LogP contribution in [0.4, 0.5) is 0 Å². The highest BCUT2D eigenvalue weighted by molar-refractivity contribution is 6.30. The Labute approximate surface area is 118 Å². The van der Waals surface area contributed by atoms with Crippen LogP contribution < -0.4 is 0 Å². The van der Waals surface area contributed by atoms with Crippen LogP contribution in [0.5, 0.6) is 0 Å². The van der Waals surface area contributed by atoms with Crippen molar-refractivity contribution in [3.63, 3.8) is 0 Å². The monoisotopic (exact) mass is 279 g/mol. The van der Waals surface area contributed by atoms with E-state index in [1.165, 1.54) is 0 Å². The third kappa shape index (κ3) is 2.15. The molecule has 0 bridgehead atoms. The smallest absolute Gasteiger partial charge is 0.233 e. The standard InChI is InChI=1S/C15H18ClNO2/c16-12-5-3-11(4-6-12)15(7-1-2-8-15)14(19)17-9-13(18)10-17/h3-6,13,18H,1-2,7-10H2. The van der Waals surface area contributed by atoms with Gasteiger partial charge in [-0.3, -0.25) is 4.79 Å². The molecule has 4 heteroatoms.